The van der Waals surface area contributed by atoms with Crippen LogP contribution in [-0.2, 0) is 0 Å². The quantitative estimate of drug-likeness (QED) is 0.779. The Hall–Kier alpha value is -2.82. The summed E-state index contributed by atoms with van der Waals surface area (Å²) in [5.74, 6) is 1.34. The normalized spacial score (nSPS) is 17.4. The predicted octanol–water partition coefficient (Wildman–Crippen LogP) is 3.80. The lowest BCUT2D eigenvalue weighted by Crippen LogP contribution is -2.41. The van der Waals surface area contributed by atoms with E-state index in [0.29, 0.717) is 18.1 Å². The number of aryl methyl sites for hydroxylation is 1. The number of likely N-dealkylation sites (tertiary alicyclic amines) is 1. The number of piperidine rings is 1. The molecule has 1 atom stereocenters. The molecule has 134 valence electrons. The molecule has 2 heterocycles. The van der Waals surface area contributed by atoms with Crippen LogP contribution in [0.5, 0.6) is 5.75 Å². The summed E-state index contributed by atoms with van der Waals surface area (Å²) in [7, 11) is 0. The molecule has 5 nitrogen and oxygen atoms in total. The lowest BCUT2D eigenvalue weighted by molar-refractivity contribution is 0.0633. The summed E-state index contributed by atoms with van der Waals surface area (Å²) in [6.45, 7) is 4.26. The molecule has 1 amide bonds. The number of rotatable bonds is 4. The summed E-state index contributed by atoms with van der Waals surface area (Å²) in [5, 5.41) is 0. The van der Waals surface area contributed by atoms with E-state index in [9.17, 15) is 4.79 Å². The Labute approximate surface area is 153 Å². The van der Waals surface area contributed by atoms with Crippen molar-refractivity contribution < 1.29 is 9.53 Å². The van der Waals surface area contributed by atoms with Crippen molar-refractivity contribution >= 4 is 16.9 Å². The predicted molar refractivity (Wildman–Crippen MR) is 101 cm³/mol. The summed E-state index contributed by atoms with van der Waals surface area (Å²) in [6, 6.07) is 13.7. The summed E-state index contributed by atoms with van der Waals surface area (Å²) < 4.78 is 5.93. The van der Waals surface area contributed by atoms with Crippen LogP contribution in [0.4, 0.5) is 0 Å². The fourth-order valence-electron chi connectivity index (χ4n) is 3.49. The highest BCUT2D eigenvalue weighted by molar-refractivity contribution is 5.97. The molecule has 1 fully saturated rings. The number of benzene rings is 2. The number of nitrogens with zero attached hydrogens (tertiary/aromatic N) is 2. The van der Waals surface area contributed by atoms with Crippen molar-refractivity contribution in [1.82, 2.24) is 14.9 Å². The highest BCUT2D eigenvalue weighted by Crippen LogP contribution is 2.22. The number of carbonyl (C=O) groups excluding carboxylic acids is 1. The van der Waals surface area contributed by atoms with Gasteiger partial charge in [-0.2, -0.15) is 0 Å². The zero-order valence-corrected chi connectivity index (χ0v) is 14.9. The van der Waals surface area contributed by atoms with Crippen molar-refractivity contribution in [3.8, 4) is 5.75 Å². The monoisotopic (exact) mass is 349 g/mol. The van der Waals surface area contributed by atoms with E-state index in [2.05, 4.69) is 29.0 Å². The molecule has 1 saturated heterocycles. The number of amides is 1. The van der Waals surface area contributed by atoms with Gasteiger partial charge in [-0.25, -0.2) is 4.98 Å². The Morgan fingerprint density at radius 3 is 2.96 bits per heavy atom. The third-order valence-corrected chi connectivity index (χ3v) is 4.98. The van der Waals surface area contributed by atoms with E-state index in [1.54, 1.807) is 6.33 Å². The molecule has 4 rings (SSSR count). The van der Waals surface area contributed by atoms with Crippen molar-refractivity contribution in [1.29, 1.82) is 0 Å². The van der Waals surface area contributed by atoms with E-state index < -0.39 is 0 Å². The van der Waals surface area contributed by atoms with Gasteiger partial charge in [0.05, 0.1) is 24.0 Å². The van der Waals surface area contributed by atoms with E-state index >= 15 is 0 Å². The van der Waals surface area contributed by atoms with Crippen LogP contribution in [-0.4, -0.2) is 40.5 Å². The largest absolute Gasteiger partial charge is 0.493 e. The summed E-state index contributed by atoms with van der Waals surface area (Å²) in [6.07, 6.45) is 3.76. The second-order valence-corrected chi connectivity index (χ2v) is 7.02. The molecule has 26 heavy (non-hydrogen) atoms. The molecule has 1 N–H and O–H groups in total. The Morgan fingerprint density at radius 2 is 2.12 bits per heavy atom. The molecule has 0 spiro atoms. The number of fused-ring (bicyclic) bond motifs is 1. The number of carbonyl (C=O) groups is 1. The van der Waals surface area contributed by atoms with Crippen molar-refractivity contribution in [2.45, 2.75) is 19.8 Å². The lowest BCUT2D eigenvalue weighted by atomic mass is 9.98. The van der Waals surface area contributed by atoms with E-state index in [0.717, 1.165) is 42.7 Å². The molecule has 3 aromatic rings. The first-order chi connectivity index (χ1) is 12.7. The molecule has 5 heteroatoms. The minimum absolute atomic E-state index is 0.0848. The number of hydrogen-bond donors (Lipinski definition) is 1. The van der Waals surface area contributed by atoms with Gasteiger partial charge >= 0.3 is 0 Å². The van der Waals surface area contributed by atoms with Gasteiger partial charge in [-0.1, -0.05) is 17.7 Å². The first kappa shape index (κ1) is 16.6. The molecule has 0 aliphatic carbocycles. The fraction of sp³-hybridized carbons (Fsp3) is 0.333. The Balaban J connectivity index is 1.39. The van der Waals surface area contributed by atoms with E-state index in [1.807, 2.05) is 35.2 Å². The topological polar surface area (TPSA) is 58.2 Å². The molecule has 0 saturated carbocycles. The minimum atomic E-state index is 0.0848. The third-order valence-electron chi connectivity index (χ3n) is 4.98. The summed E-state index contributed by atoms with van der Waals surface area (Å²) in [4.78, 5) is 22.1. The average Bonchev–Trinajstić information content (AvgIpc) is 3.15. The van der Waals surface area contributed by atoms with Crippen LogP contribution in [0.1, 0.15) is 28.8 Å². The molecule has 1 aliphatic rings. The van der Waals surface area contributed by atoms with Gasteiger partial charge in [0.15, 0.2) is 0 Å². The van der Waals surface area contributed by atoms with E-state index in [4.69, 9.17) is 4.74 Å². The van der Waals surface area contributed by atoms with Crippen molar-refractivity contribution in [3.05, 3.63) is 59.9 Å². The molecule has 1 aromatic heterocycles. The van der Waals surface area contributed by atoms with Gasteiger partial charge in [-0.05, 0) is 50.1 Å². The number of nitrogens with one attached hydrogen (secondary N) is 1. The summed E-state index contributed by atoms with van der Waals surface area (Å²) in [5.41, 5.74) is 3.71. The number of imidazole rings is 1. The number of aromatic amines is 1. The van der Waals surface area contributed by atoms with Crippen LogP contribution in [0.3, 0.4) is 0 Å². The maximum absolute atomic E-state index is 12.9. The molecule has 1 aliphatic heterocycles. The van der Waals surface area contributed by atoms with E-state index in [-0.39, 0.29) is 5.91 Å². The van der Waals surface area contributed by atoms with Crippen LogP contribution in [0, 0.1) is 12.8 Å². The fourth-order valence-corrected chi connectivity index (χ4v) is 3.49. The molecule has 0 bridgehead atoms. The second kappa shape index (κ2) is 7.20. The molecule has 2 aromatic carbocycles. The van der Waals surface area contributed by atoms with Crippen LogP contribution >= 0.6 is 0 Å². The van der Waals surface area contributed by atoms with Crippen LogP contribution in [0.15, 0.2) is 48.8 Å². The molecular weight excluding hydrogens is 326 g/mol. The second-order valence-electron chi connectivity index (χ2n) is 7.02. The SMILES string of the molecule is Cc1ccc(OCC2CCCN(C(=O)c3ccc4nc[nH]c4c3)C2)cc1. The number of H-pyrrole nitrogens is 1. The Kier molecular flexibility index (Phi) is 4.61. The first-order valence-electron chi connectivity index (χ1n) is 9.11. The van der Waals surface area contributed by atoms with Gasteiger partial charge in [-0.15, -0.1) is 0 Å². The van der Waals surface area contributed by atoms with Gasteiger partial charge in [0.1, 0.15) is 5.75 Å². The maximum atomic E-state index is 12.9. The number of ether oxygens (including phenoxy) is 1. The van der Waals surface area contributed by atoms with Crippen LogP contribution in [0.2, 0.25) is 0 Å². The van der Waals surface area contributed by atoms with Gasteiger partial charge in [0.25, 0.3) is 5.91 Å². The molecule has 0 radical (unpaired) electrons. The van der Waals surface area contributed by atoms with Crippen molar-refractivity contribution in [2.75, 3.05) is 19.7 Å². The number of hydrogen-bond acceptors (Lipinski definition) is 3. The van der Waals surface area contributed by atoms with Gasteiger partial charge in [-0.3, -0.25) is 4.79 Å². The smallest absolute Gasteiger partial charge is 0.253 e. The first-order valence-corrected chi connectivity index (χ1v) is 9.11. The van der Waals surface area contributed by atoms with Crippen molar-refractivity contribution in [2.24, 2.45) is 5.92 Å². The van der Waals surface area contributed by atoms with Crippen molar-refractivity contribution in [3.63, 3.8) is 0 Å². The van der Waals surface area contributed by atoms with Crippen LogP contribution < -0.4 is 4.74 Å². The highest BCUT2D eigenvalue weighted by Gasteiger charge is 2.25. The van der Waals surface area contributed by atoms with Crippen LogP contribution in [0.25, 0.3) is 11.0 Å². The number of aromatic nitrogens is 2. The zero-order valence-electron chi connectivity index (χ0n) is 14.9. The third kappa shape index (κ3) is 3.57. The summed E-state index contributed by atoms with van der Waals surface area (Å²) >= 11 is 0. The highest BCUT2D eigenvalue weighted by atomic mass is 16.5. The average molecular weight is 349 g/mol. The Bertz CT molecular complexity index is 901. The minimum Gasteiger partial charge on any atom is -0.493 e. The Morgan fingerprint density at radius 1 is 1.27 bits per heavy atom. The zero-order chi connectivity index (χ0) is 17.9. The maximum Gasteiger partial charge on any atom is 0.253 e. The van der Waals surface area contributed by atoms with E-state index in [1.165, 1.54) is 5.56 Å². The van der Waals surface area contributed by atoms with Gasteiger partial charge < -0.3 is 14.6 Å². The molecular formula is C21H23N3O2. The van der Waals surface area contributed by atoms with Gasteiger partial charge in [0, 0.05) is 24.6 Å². The lowest BCUT2D eigenvalue weighted by Gasteiger charge is -2.32. The van der Waals surface area contributed by atoms with Gasteiger partial charge in [0.2, 0.25) is 0 Å². The molecule has 1 unspecified atom stereocenters. The standard InChI is InChI=1S/C21H23N3O2/c1-15-4-7-18(8-5-15)26-13-16-3-2-10-24(12-16)21(25)17-6-9-19-20(11-17)23-14-22-19/h4-9,11,14,16H,2-3,10,12-13H2,1H3,(H,22,23).